The molecule has 0 fully saturated rings. The summed E-state index contributed by atoms with van der Waals surface area (Å²) in [5.41, 5.74) is 0.698. The van der Waals surface area contributed by atoms with Crippen LogP contribution >= 0.6 is 15.9 Å². The normalized spacial score (nSPS) is 11.5. The topological polar surface area (TPSA) is 9.23 Å². The van der Waals surface area contributed by atoms with E-state index in [9.17, 15) is 4.39 Å². The molecule has 0 aliphatic rings. The van der Waals surface area contributed by atoms with Crippen LogP contribution in [-0.2, 0) is 0 Å². The van der Waals surface area contributed by atoms with Crippen molar-refractivity contribution in [3.63, 3.8) is 0 Å². The van der Waals surface area contributed by atoms with Gasteiger partial charge >= 0.3 is 0 Å². The zero-order valence-electron chi connectivity index (χ0n) is 9.31. The van der Waals surface area contributed by atoms with Crippen LogP contribution in [0.1, 0.15) is 19.4 Å². The molecule has 1 nitrogen and oxygen atoms in total. The lowest BCUT2D eigenvalue weighted by Crippen LogP contribution is -2.22. The molecule has 1 aromatic rings. The van der Waals surface area contributed by atoms with Crippen LogP contribution in [0.4, 0.5) is 4.39 Å². The molecule has 0 aromatic heterocycles. The average molecular weight is 275 g/mol. The first-order chi connectivity index (χ1) is 6.94. The summed E-state index contributed by atoms with van der Waals surface area (Å²) in [7, 11) is 0. The number of alkyl halides is 1. The highest BCUT2D eigenvalue weighted by molar-refractivity contribution is 9.09. The molecule has 1 aromatic carbocycles. The number of hydrogen-bond donors (Lipinski definition) is 0. The molecule has 3 heteroatoms. The quantitative estimate of drug-likeness (QED) is 0.756. The molecule has 0 amide bonds. The Morgan fingerprint density at radius 1 is 1.40 bits per heavy atom. The van der Waals surface area contributed by atoms with Gasteiger partial charge in [-0.2, -0.15) is 0 Å². The van der Waals surface area contributed by atoms with E-state index in [1.54, 1.807) is 19.1 Å². The van der Waals surface area contributed by atoms with Crippen molar-refractivity contribution in [3.8, 4) is 5.75 Å². The second kappa shape index (κ2) is 4.97. The van der Waals surface area contributed by atoms with E-state index in [2.05, 4.69) is 29.8 Å². The highest BCUT2D eigenvalue weighted by atomic mass is 79.9. The second-order valence-corrected chi connectivity index (χ2v) is 5.06. The van der Waals surface area contributed by atoms with Gasteiger partial charge in [0.2, 0.25) is 0 Å². The predicted molar refractivity (Wildman–Crippen MR) is 64.2 cm³/mol. The molecule has 0 saturated heterocycles. The van der Waals surface area contributed by atoms with E-state index in [-0.39, 0.29) is 11.2 Å². The maximum atomic E-state index is 13.2. The molecule has 0 saturated carbocycles. The number of aryl methyl sites for hydroxylation is 1. The minimum Gasteiger partial charge on any atom is -0.493 e. The van der Waals surface area contributed by atoms with Gasteiger partial charge < -0.3 is 4.74 Å². The lowest BCUT2D eigenvalue weighted by Gasteiger charge is -2.21. The fourth-order valence-electron chi connectivity index (χ4n) is 0.981. The molecule has 0 radical (unpaired) electrons. The molecule has 0 aliphatic carbocycles. The minimum absolute atomic E-state index is 0.0569. The lowest BCUT2D eigenvalue weighted by molar-refractivity contribution is 0.202. The van der Waals surface area contributed by atoms with Gasteiger partial charge in [0.25, 0.3) is 0 Å². The highest BCUT2D eigenvalue weighted by Gasteiger charge is 2.17. The van der Waals surface area contributed by atoms with Crippen LogP contribution in [-0.4, -0.2) is 11.9 Å². The number of hydrogen-bond acceptors (Lipinski definition) is 1. The average Bonchev–Trinajstić information content (AvgIpc) is 2.20. The van der Waals surface area contributed by atoms with E-state index in [4.69, 9.17) is 4.74 Å². The fourth-order valence-corrected chi connectivity index (χ4v) is 1.14. The summed E-state index contributed by atoms with van der Waals surface area (Å²) in [6, 6.07) is 4.95. The Kier molecular flexibility index (Phi) is 4.14. The van der Waals surface area contributed by atoms with Crippen LogP contribution in [0.25, 0.3) is 0 Å². The fraction of sp³-hybridized carbons (Fsp3) is 0.500. The highest BCUT2D eigenvalue weighted by Crippen LogP contribution is 2.22. The van der Waals surface area contributed by atoms with E-state index in [0.29, 0.717) is 17.9 Å². The third kappa shape index (κ3) is 3.82. The van der Waals surface area contributed by atoms with Gasteiger partial charge in [-0.15, -0.1) is 0 Å². The molecule has 15 heavy (non-hydrogen) atoms. The zero-order chi connectivity index (χ0) is 11.5. The molecular weight excluding hydrogens is 259 g/mol. The van der Waals surface area contributed by atoms with Gasteiger partial charge in [0.05, 0.1) is 6.61 Å². The van der Waals surface area contributed by atoms with Gasteiger partial charge in [0.15, 0.2) is 0 Å². The monoisotopic (exact) mass is 274 g/mol. The Hall–Kier alpha value is -0.570. The molecule has 0 aliphatic heterocycles. The van der Waals surface area contributed by atoms with E-state index >= 15 is 0 Å². The standard InChI is InChI=1S/C12H16BrFO/c1-9-4-5-10(6-11(9)14)15-8-12(2,3)7-13/h4-6H,7-8H2,1-3H3. The van der Waals surface area contributed by atoms with E-state index < -0.39 is 0 Å². The van der Waals surface area contributed by atoms with Gasteiger partial charge in [-0.25, -0.2) is 4.39 Å². The number of halogens is 2. The van der Waals surface area contributed by atoms with Crippen LogP contribution in [0.15, 0.2) is 18.2 Å². The van der Waals surface area contributed by atoms with Crippen LogP contribution in [0.5, 0.6) is 5.75 Å². The van der Waals surface area contributed by atoms with E-state index in [0.717, 1.165) is 5.33 Å². The van der Waals surface area contributed by atoms with Crippen molar-refractivity contribution >= 4 is 15.9 Å². The van der Waals surface area contributed by atoms with Crippen molar-refractivity contribution in [2.45, 2.75) is 20.8 Å². The van der Waals surface area contributed by atoms with Crippen LogP contribution in [0.3, 0.4) is 0 Å². The Morgan fingerprint density at radius 3 is 2.60 bits per heavy atom. The molecule has 0 N–H and O–H groups in total. The SMILES string of the molecule is Cc1ccc(OCC(C)(C)CBr)cc1F. The van der Waals surface area contributed by atoms with Crippen molar-refractivity contribution in [1.29, 1.82) is 0 Å². The van der Waals surface area contributed by atoms with Crippen molar-refractivity contribution in [3.05, 3.63) is 29.6 Å². The molecule has 1 rings (SSSR count). The van der Waals surface area contributed by atoms with Gasteiger partial charge in [-0.3, -0.25) is 0 Å². The van der Waals surface area contributed by atoms with Crippen LogP contribution < -0.4 is 4.74 Å². The van der Waals surface area contributed by atoms with E-state index in [1.165, 1.54) is 6.07 Å². The number of ether oxygens (including phenoxy) is 1. The summed E-state index contributed by atoms with van der Waals surface area (Å²) in [6.07, 6.45) is 0. The Balaban J connectivity index is 2.62. The van der Waals surface area contributed by atoms with Crippen molar-refractivity contribution < 1.29 is 9.13 Å². The van der Waals surface area contributed by atoms with Crippen molar-refractivity contribution in [1.82, 2.24) is 0 Å². The summed E-state index contributed by atoms with van der Waals surface area (Å²) in [6.45, 7) is 6.49. The molecule has 0 bridgehead atoms. The smallest absolute Gasteiger partial charge is 0.129 e. The minimum atomic E-state index is -0.218. The summed E-state index contributed by atoms with van der Waals surface area (Å²) in [4.78, 5) is 0. The second-order valence-electron chi connectivity index (χ2n) is 4.50. The third-order valence-electron chi connectivity index (χ3n) is 2.13. The molecule has 0 unspecified atom stereocenters. The Labute approximate surface area is 98.8 Å². The predicted octanol–water partition coefficient (Wildman–Crippen LogP) is 3.93. The zero-order valence-corrected chi connectivity index (χ0v) is 10.9. The molecule has 0 heterocycles. The van der Waals surface area contributed by atoms with Crippen LogP contribution in [0.2, 0.25) is 0 Å². The summed E-state index contributed by atoms with van der Waals surface area (Å²) in [5, 5.41) is 0.855. The van der Waals surface area contributed by atoms with Gasteiger partial charge in [0.1, 0.15) is 11.6 Å². The first-order valence-electron chi connectivity index (χ1n) is 4.89. The van der Waals surface area contributed by atoms with Gasteiger partial charge in [-0.1, -0.05) is 35.8 Å². The Bertz CT molecular complexity index is 336. The van der Waals surface area contributed by atoms with Crippen molar-refractivity contribution in [2.24, 2.45) is 5.41 Å². The first kappa shape index (κ1) is 12.5. The Morgan fingerprint density at radius 2 is 2.07 bits per heavy atom. The molecule has 84 valence electrons. The summed E-state index contributed by atoms with van der Waals surface area (Å²) < 4.78 is 18.7. The summed E-state index contributed by atoms with van der Waals surface area (Å²) >= 11 is 3.42. The maximum Gasteiger partial charge on any atom is 0.129 e. The largest absolute Gasteiger partial charge is 0.493 e. The summed E-state index contributed by atoms with van der Waals surface area (Å²) in [5.74, 6) is 0.372. The third-order valence-corrected chi connectivity index (χ3v) is 3.65. The first-order valence-corrected chi connectivity index (χ1v) is 6.02. The van der Waals surface area contributed by atoms with Crippen molar-refractivity contribution in [2.75, 3.05) is 11.9 Å². The molecular formula is C12H16BrFO. The molecule has 0 spiro atoms. The van der Waals surface area contributed by atoms with Gasteiger partial charge in [0, 0.05) is 16.8 Å². The van der Waals surface area contributed by atoms with Crippen LogP contribution in [0, 0.1) is 18.2 Å². The maximum absolute atomic E-state index is 13.2. The van der Waals surface area contributed by atoms with E-state index in [1.807, 2.05) is 0 Å². The number of benzene rings is 1. The molecule has 0 atom stereocenters. The number of rotatable bonds is 4. The van der Waals surface area contributed by atoms with Gasteiger partial charge in [-0.05, 0) is 18.6 Å². The lowest BCUT2D eigenvalue weighted by atomic mass is 9.98.